The van der Waals surface area contributed by atoms with Crippen molar-refractivity contribution >= 4 is 53.4 Å². The summed E-state index contributed by atoms with van der Waals surface area (Å²) in [5, 5.41) is 9.75. The van der Waals surface area contributed by atoms with Crippen LogP contribution in [0.1, 0.15) is 11.1 Å². The van der Waals surface area contributed by atoms with Crippen LogP contribution < -0.4 is 0 Å². The van der Waals surface area contributed by atoms with Crippen LogP contribution in [0.25, 0.3) is 11.1 Å². The standard InChI is InChI=1S/C13H9.C6H3Cl3O.2ClH.Ti/c1-3-7-12-10(5-1)9-11-6-2-4-8-13(11)12;7-3-1-4(8)6(10)5(9)2-3;;;/h1-5,7-8H,9H2;1-2,10H;2*1H;/q-1;;;;+2/p-2. The fraction of sp³-hybridized carbons (Fsp3) is 0.0526. The zero-order valence-corrected chi connectivity index (χ0v) is 18.6. The van der Waals surface area contributed by atoms with Crippen LogP contribution in [0, 0.1) is 6.07 Å². The van der Waals surface area contributed by atoms with E-state index in [0.717, 1.165) is 6.42 Å². The molecule has 0 atom stereocenters. The van der Waals surface area contributed by atoms with Gasteiger partial charge < -0.3 is 5.11 Å². The van der Waals surface area contributed by atoms with Crippen LogP contribution in [0.15, 0.2) is 54.6 Å². The number of phenols is 1. The van der Waals surface area contributed by atoms with Gasteiger partial charge in [-0.1, -0.05) is 70.2 Å². The van der Waals surface area contributed by atoms with Gasteiger partial charge in [-0.05, 0) is 18.6 Å². The molecule has 0 aliphatic heterocycles. The van der Waals surface area contributed by atoms with Gasteiger partial charge in [-0.25, -0.2) is 0 Å². The van der Waals surface area contributed by atoms with E-state index in [-0.39, 0.29) is 15.8 Å². The van der Waals surface area contributed by atoms with E-state index in [1.54, 1.807) is 0 Å². The van der Waals surface area contributed by atoms with Gasteiger partial charge >= 0.3 is 35.6 Å². The molecule has 0 radical (unpaired) electrons. The average molecular weight is 481 g/mol. The molecule has 0 saturated carbocycles. The molecule has 1 aliphatic carbocycles. The molecule has 0 aromatic heterocycles. The zero-order valence-electron chi connectivity index (χ0n) is 13.2. The summed E-state index contributed by atoms with van der Waals surface area (Å²) in [5.74, 6) is -0.132. The number of hydrogen-bond donors (Lipinski definition) is 1. The van der Waals surface area contributed by atoms with Crippen molar-refractivity contribution in [3.8, 4) is 16.9 Å². The van der Waals surface area contributed by atoms with Crippen molar-refractivity contribution in [2.45, 2.75) is 6.42 Å². The Kier molecular flexibility index (Phi) is 9.13. The SMILES string of the molecule is Oc1c(Cl)cc(Cl)cc1Cl.[Cl][Ti][Cl].[c-]1cccc2c1Cc1ccccc1-2. The number of rotatable bonds is 0. The molecule has 1 aliphatic rings. The maximum Gasteiger partial charge on any atom is -0.0253 e. The minimum absolute atomic E-state index is 0.132. The summed E-state index contributed by atoms with van der Waals surface area (Å²) in [6.45, 7) is 0. The van der Waals surface area contributed by atoms with Gasteiger partial charge in [0.25, 0.3) is 0 Å². The Morgan fingerprint density at radius 2 is 1.46 bits per heavy atom. The summed E-state index contributed by atoms with van der Waals surface area (Å²) in [6.07, 6.45) is 1.05. The van der Waals surface area contributed by atoms with Crippen LogP contribution in [0.5, 0.6) is 5.75 Å². The maximum absolute atomic E-state index is 9.01. The molecule has 26 heavy (non-hydrogen) atoms. The van der Waals surface area contributed by atoms with Crippen LogP contribution in [-0.4, -0.2) is 5.11 Å². The number of hydrogen-bond acceptors (Lipinski definition) is 1. The van der Waals surface area contributed by atoms with E-state index in [9.17, 15) is 0 Å². The predicted molar refractivity (Wildman–Crippen MR) is 108 cm³/mol. The first kappa shape index (κ1) is 21.9. The molecule has 0 amide bonds. The van der Waals surface area contributed by atoms with Crippen molar-refractivity contribution in [2.24, 2.45) is 0 Å². The third-order valence-corrected chi connectivity index (χ3v) is 4.39. The number of aromatic hydroxyl groups is 1. The van der Waals surface area contributed by atoms with Gasteiger partial charge in [-0.15, -0.1) is 5.56 Å². The van der Waals surface area contributed by atoms with Gasteiger partial charge in [0, 0.05) is 5.02 Å². The van der Waals surface area contributed by atoms with E-state index in [2.05, 4.69) is 42.5 Å². The Morgan fingerprint density at radius 3 is 2.12 bits per heavy atom. The van der Waals surface area contributed by atoms with Crippen LogP contribution >= 0.6 is 53.4 Å². The maximum atomic E-state index is 9.01. The van der Waals surface area contributed by atoms with Gasteiger partial charge in [0.1, 0.15) is 0 Å². The monoisotopic (exact) mass is 479 g/mol. The molecule has 3 aromatic rings. The van der Waals surface area contributed by atoms with Crippen molar-refractivity contribution < 1.29 is 22.1 Å². The number of fused-ring (bicyclic) bond motifs is 3. The molecule has 0 unspecified atom stereocenters. The third kappa shape index (κ3) is 5.81. The summed E-state index contributed by atoms with van der Waals surface area (Å²) >= 11 is 16.0. The van der Waals surface area contributed by atoms with E-state index in [4.69, 9.17) is 58.5 Å². The summed E-state index contributed by atoms with van der Waals surface area (Å²) < 4.78 is 0. The van der Waals surface area contributed by atoms with E-state index in [1.165, 1.54) is 34.4 Å². The normalized spacial score (nSPS) is 10.5. The molecule has 3 aromatic carbocycles. The average Bonchev–Trinajstić information content (AvgIpc) is 2.99. The molecule has 4 rings (SSSR count). The minimum Gasteiger partial charge on any atom is -0.179 e. The molecule has 0 spiro atoms. The molecule has 1 N–H and O–H groups in total. The first-order chi connectivity index (χ1) is 12.5. The van der Waals surface area contributed by atoms with Gasteiger partial charge in [0.15, 0.2) is 5.75 Å². The molecule has 134 valence electrons. The largest absolute Gasteiger partial charge is 0.179 e. The molecule has 0 saturated heterocycles. The third-order valence-electron chi connectivity index (χ3n) is 3.60. The molecule has 0 bridgehead atoms. The van der Waals surface area contributed by atoms with E-state index in [1.807, 2.05) is 6.07 Å². The first-order valence-electron chi connectivity index (χ1n) is 7.35. The second-order valence-corrected chi connectivity index (χ2v) is 9.02. The van der Waals surface area contributed by atoms with Crippen LogP contribution in [0.3, 0.4) is 0 Å². The van der Waals surface area contributed by atoms with Gasteiger partial charge in [-0.3, -0.25) is 0 Å². The summed E-state index contributed by atoms with van der Waals surface area (Å²) in [5.41, 5.74) is 5.51. The first-order valence-corrected chi connectivity index (χ1v) is 12.8. The Bertz CT molecular complexity index is 819. The summed E-state index contributed by atoms with van der Waals surface area (Å²) in [4.78, 5) is 0. The van der Waals surface area contributed by atoms with E-state index in [0.29, 0.717) is 5.02 Å². The van der Waals surface area contributed by atoms with Gasteiger partial charge in [-0.2, -0.15) is 29.8 Å². The molecule has 7 heteroatoms. The van der Waals surface area contributed by atoms with Crippen molar-refractivity contribution in [3.05, 3.63) is 86.9 Å². The zero-order chi connectivity index (χ0) is 19.1. The number of benzene rings is 3. The summed E-state index contributed by atoms with van der Waals surface area (Å²) in [6, 6.07) is 21.0. The quantitative estimate of drug-likeness (QED) is 0.201. The fourth-order valence-electron chi connectivity index (χ4n) is 2.53. The Morgan fingerprint density at radius 1 is 0.885 bits per heavy atom. The second-order valence-electron chi connectivity index (χ2n) is 5.19. The van der Waals surface area contributed by atoms with Gasteiger partial charge in [0.2, 0.25) is 0 Å². The van der Waals surface area contributed by atoms with Crippen molar-refractivity contribution in [1.29, 1.82) is 0 Å². The Labute approximate surface area is 184 Å². The van der Waals surface area contributed by atoms with Crippen molar-refractivity contribution in [2.75, 3.05) is 0 Å². The van der Waals surface area contributed by atoms with Crippen molar-refractivity contribution in [3.63, 3.8) is 0 Å². The minimum atomic E-state index is -0.556. The topological polar surface area (TPSA) is 20.2 Å². The molecule has 0 fully saturated rings. The predicted octanol–water partition coefficient (Wildman–Crippen LogP) is 7.79. The molecule has 0 heterocycles. The number of phenolic OH excluding ortho intramolecular Hbond substituents is 1. The van der Waals surface area contributed by atoms with Crippen LogP contribution in [0.4, 0.5) is 0 Å². The Hall–Kier alpha value is -0.376. The Balaban J connectivity index is 0.000000168. The van der Waals surface area contributed by atoms with Crippen LogP contribution in [-0.2, 0) is 23.5 Å². The smallest absolute Gasteiger partial charge is 0.0253 e. The van der Waals surface area contributed by atoms with E-state index < -0.39 is 17.0 Å². The number of halogens is 5. The van der Waals surface area contributed by atoms with Crippen molar-refractivity contribution in [1.82, 2.24) is 0 Å². The van der Waals surface area contributed by atoms with Crippen LogP contribution in [0.2, 0.25) is 15.1 Å². The molecule has 1 nitrogen and oxygen atoms in total. The summed E-state index contributed by atoms with van der Waals surface area (Å²) in [7, 11) is 9.78. The van der Waals surface area contributed by atoms with Gasteiger partial charge in [0.05, 0.1) is 10.0 Å². The molecular formula is C19H12Cl5OTi-. The second kappa shape index (κ2) is 10.8. The van der Waals surface area contributed by atoms with E-state index >= 15 is 0 Å². The fourth-order valence-corrected chi connectivity index (χ4v) is 3.35. The molecular weight excluding hydrogens is 469 g/mol.